The zero-order chi connectivity index (χ0) is 18.7. The van der Waals surface area contributed by atoms with Crippen molar-refractivity contribution in [2.75, 3.05) is 5.32 Å². The highest BCUT2D eigenvalue weighted by Crippen LogP contribution is 2.24. The number of nitrogens with one attached hydrogen (secondary N) is 1. The van der Waals surface area contributed by atoms with E-state index in [-0.39, 0.29) is 11.6 Å². The van der Waals surface area contributed by atoms with Gasteiger partial charge in [0, 0.05) is 10.6 Å². The predicted octanol–water partition coefficient (Wildman–Crippen LogP) is 4.36. The average molecular weight is 384 g/mol. The van der Waals surface area contributed by atoms with Crippen molar-refractivity contribution in [1.82, 2.24) is 15.0 Å². The van der Waals surface area contributed by atoms with Crippen molar-refractivity contribution in [1.29, 1.82) is 5.26 Å². The topological polar surface area (TPSA) is 83.6 Å². The van der Waals surface area contributed by atoms with Crippen LogP contribution in [-0.4, -0.2) is 20.9 Å². The van der Waals surface area contributed by atoms with Crippen molar-refractivity contribution >= 4 is 35.0 Å². The van der Waals surface area contributed by atoms with Crippen LogP contribution in [0.5, 0.6) is 0 Å². The molecule has 3 aromatic rings. The Labute approximate surface area is 159 Å². The quantitative estimate of drug-likeness (QED) is 0.534. The third-order valence-electron chi connectivity index (χ3n) is 3.72. The second kappa shape index (κ2) is 7.60. The van der Waals surface area contributed by atoms with Gasteiger partial charge in [0.15, 0.2) is 5.69 Å². The number of hydrogen-bond acceptors (Lipinski definition) is 5. The molecular formula is C18H14ClN5OS. The lowest BCUT2D eigenvalue weighted by molar-refractivity contribution is 0.102. The number of anilines is 1. The second-order valence-corrected chi connectivity index (χ2v) is 6.83. The van der Waals surface area contributed by atoms with E-state index in [4.69, 9.17) is 16.9 Å². The van der Waals surface area contributed by atoms with E-state index in [0.717, 1.165) is 22.2 Å². The molecule has 0 radical (unpaired) electrons. The number of thioether (sulfide) groups is 1. The van der Waals surface area contributed by atoms with E-state index < -0.39 is 0 Å². The lowest BCUT2D eigenvalue weighted by atomic mass is 10.2. The zero-order valence-corrected chi connectivity index (χ0v) is 15.6. The van der Waals surface area contributed by atoms with Crippen LogP contribution in [0.1, 0.15) is 21.7 Å². The molecule has 0 aliphatic carbocycles. The Bertz CT molecular complexity index is 1010. The summed E-state index contributed by atoms with van der Waals surface area (Å²) in [6, 6.07) is 12.6. The molecule has 0 bridgehead atoms. The lowest BCUT2D eigenvalue weighted by Crippen LogP contribution is -2.14. The van der Waals surface area contributed by atoms with Crippen LogP contribution in [0.4, 0.5) is 5.69 Å². The van der Waals surface area contributed by atoms with E-state index in [1.54, 1.807) is 41.9 Å². The number of carbonyl (C=O) groups excluding carboxylic acids is 1. The standard InChI is InChI=1S/C18H14ClN5OS/c1-11-3-8-15(19)16(9-11)24-12(2)17(22-23-24)18(25)21-13-4-6-14(7-5-13)26-10-20/h3-9H,1-2H3,(H,21,25). The number of amides is 1. The van der Waals surface area contributed by atoms with Gasteiger partial charge in [0.05, 0.1) is 16.4 Å². The first-order valence-electron chi connectivity index (χ1n) is 7.66. The number of nitriles is 1. The Morgan fingerprint density at radius 2 is 1.96 bits per heavy atom. The van der Waals surface area contributed by atoms with Gasteiger partial charge in [0.2, 0.25) is 0 Å². The number of nitrogens with zero attached hydrogens (tertiary/aromatic N) is 4. The van der Waals surface area contributed by atoms with Crippen molar-refractivity contribution in [3.63, 3.8) is 0 Å². The van der Waals surface area contributed by atoms with Crippen molar-refractivity contribution in [3.05, 3.63) is 64.4 Å². The van der Waals surface area contributed by atoms with Crippen LogP contribution in [0.3, 0.4) is 0 Å². The smallest absolute Gasteiger partial charge is 0.278 e. The highest BCUT2D eigenvalue weighted by molar-refractivity contribution is 8.03. The zero-order valence-electron chi connectivity index (χ0n) is 14.0. The summed E-state index contributed by atoms with van der Waals surface area (Å²) >= 11 is 7.31. The number of carbonyl (C=O) groups is 1. The minimum atomic E-state index is -0.363. The van der Waals surface area contributed by atoms with Crippen LogP contribution in [0.2, 0.25) is 5.02 Å². The Kier molecular flexibility index (Phi) is 5.26. The van der Waals surface area contributed by atoms with Gasteiger partial charge < -0.3 is 5.32 Å². The van der Waals surface area contributed by atoms with Gasteiger partial charge in [0.1, 0.15) is 5.40 Å². The summed E-state index contributed by atoms with van der Waals surface area (Å²) in [6.07, 6.45) is 0. The summed E-state index contributed by atoms with van der Waals surface area (Å²) in [5.74, 6) is -0.363. The maximum Gasteiger partial charge on any atom is 0.278 e. The van der Waals surface area contributed by atoms with Crippen LogP contribution in [0.15, 0.2) is 47.4 Å². The van der Waals surface area contributed by atoms with E-state index >= 15 is 0 Å². The van der Waals surface area contributed by atoms with Gasteiger partial charge in [-0.2, -0.15) is 5.26 Å². The molecule has 1 N–H and O–H groups in total. The number of rotatable bonds is 4. The first-order valence-corrected chi connectivity index (χ1v) is 8.85. The van der Waals surface area contributed by atoms with Crippen LogP contribution < -0.4 is 5.32 Å². The van der Waals surface area contributed by atoms with E-state index in [2.05, 4.69) is 15.6 Å². The molecule has 0 unspecified atom stereocenters. The normalized spacial score (nSPS) is 10.4. The highest BCUT2D eigenvalue weighted by atomic mass is 35.5. The van der Waals surface area contributed by atoms with Crippen LogP contribution >= 0.6 is 23.4 Å². The van der Waals surface area contributed by atoms with Crippen LogP contribution in [0.25, 0.3) is 5.69 Å². The first kappa shape index (κ1) is 18.0. The van der Waals surface area contributed by atoms with E-state index in [9.17, 15) is 4.79 Å². The minimum Gasteiger partial charge on any atom is -0.321 e. The first-order chi connectivity index (χ1) is 12.5. The fourth-order valence-electron chi connectivity index (χ4n) is 2.40. The van der Waals surface area contributed by atoms with Gasteiger partial charge in [-0.15, -0.1) is 5.10 Å². The molecule has 0 saturated heterocycles. The van der Waals surface area contributed by atoms with Crippen molar-refractivity contribution in [2.45, 2.75) is 18.7 Å². The Hall–Kier alpha value is -2.82. The van der Waals surface area contributed by atoms with Crippen molar-refractivity contribution in [2.24, 2.45) is 0 Å². The third kappa shape index (κ3) is 3.72. The molecule has 0 aliphatic rings. The van der Waals surface area contributed by atoms with Crippen LogP contribution in [0, 0.1) is 24.5 Å². The molecule has 8 heteroatoms. The summed E-state index contributed by atoms with van der Waals surface area (Å²) in [5.41, 5.74) is 3.12. The summed E-state index contributed by atoms with van der Waals surface area (Å²) < 4.78 is 1.55. The summed E-state index contributed by atoms with van der Waals surface area (Å²) in [5, 5.41) is 22.0. The number of halogens is 1. The van der Waals surface area contributed by atoms with E-state index in [1.165, 1.54) is 0 Å². The molecule has 6 nitrogen and oxygen atoms in total. The van der Waals surface area contributed by atoms with E-state index in [1.807, 2.05) is 24.5 Å². The molecule has 0 saturated carbocycles. The molecular weight excluding hydrogens is 370 g/mol. The molecule has 2 aromatic carbocycles. The fourth-order valence-corrected chi connectivity index (χ4v) is 2.98. The molecule has 1 aromatic heterocycles. The summed E-state index contributed by atoms with van der Waals surface area (Å²) in [7, 11) is 0. The molecule has 3 rings (SSSR count). The van der Waals surface area contributed by atoms with Crippen LogP contribution in [-0.2, 0) is 0 Å². The molecule has 1 amide bonds. The second-order valence-electron chi connectivity index (χ2n) is 5.56. The fraction of sp³-hybridized carbons (Fsp3) is 0.111. The highest BCUT2D eigenvalue weighted by Gasteiger charge is 2.18. The third-order valence-corrected chi connectivity index (χ3v) is 4.63. The Balaban J connectivity index is 1.84. The number of hydrogen-bond donors (Lipinski definition) is 1. The van der Waals surface area contributed by atoms with Crippen molar-refractivity contribution in [3.8, 4) is 11.1 Å². The molecule has 1 heterocycles. The van der Waals surface area contributed by atoms with Gasteiger partial charge in [-0.05, 0) is 67.6 Å². The summed E-state index contributed by atoms with van der Waals surface area (Å²) in [4.78, 5) is 13.3. The minimum absolute atomic E-state index is 0.220. The van der Waals surface area contributed by atoms with Crippen molar-refractivity contribution < 1.29 is 4.79 Å². The van der Waals surface area contributed by atoms with Gasteiger partial charge in [-0.25, -0.2) is 4.68 Å². The van der Waals surface area contributed by atoms with Gasteiger partial charge in [-0.3, -0.25) is 4.79 Å². The number of aromatic nitrogens is 3. The lowest BCUT2D eigenvalue weighted by Gasteiger charge is -2.07. The monoisotopic (exact) mass is 383 g/mol. The summed E-state index contributed by atoms with van der Waals surface area (Å²) in [6.45, 7) is 3.72. The SMILES string of the molecule is Cc1ccc(Cl)c(-n2nnc(C(=O)Nc3ccc(SC#N)cc3)c2C)c1. The van der Waals surface area contributed by atoms with E-state index in [0.29, 0.717) is 22.1 Å². The molecule has 0 spiro atoms. The molecule has 0 atom stereocenters. The molecule has 130 valence electrons. The maximum absolute atomic E-state index is 12.5. The Morgan fingerprint density at radius 1 is 1.23 bits per heavy atom. The number of aryl methyl sites for hydroxylation is 1. The van der Waals surface area contributed by atoms with Gasteiger partial charge in [-0.1, -0.05) is 22.9 Å². The predicted molar refractivity (Wildman–Crippen MR) is 102 cm³/mol. The average Bonchev–Trinajstić information content (AvgIpc) is 3.00. The number of thiocyanates is 1. The van der Waals surface area contributed by atoms with Gasteiger partial charge >= 0.3 is 0 Å². The molecule has 26 heavy (non-hydrogen) atoms. The molecule has 0 fully saturated rings. The largest absolute Gasteiger partial charge is 0.321 e. The Morgan fingerprint density at radius 3 is 2.65 bits per heavy atom. The number of benzene rings is 2. The molecule has 0 aliphatic heterocycles. The van der Waals surface area contributed by atoms with Gasteiger partial charge in [0.25, 0.3) is 5.91 Å². The maximum atomic E-state index is 12.5.